The van der Waals surface area contributed by atoms with Crippen molar-refractivity contribution >= 4 is 34.2 Å². The summed E-state index contributed by atoms with van der Waals surface area (Å²) in [5.41, 5.74) is 3.80. The number of carbonyl (C=O) groups is 3. The predicted octanol–water partition coefficient (Wildman–Crippen LogP) is 2.88. The molecule has 1 saturated heterocycles. The van der Waals surface area contributed by atoms with E-state index in [9.17, 15) is 14.4 Å². The van der Waals surface area contributed by atoms with Crippen molar-refractivity contribution < 1.29 is 19.1 Å². The molecule has 0 unspecified atom stereocenters. The van der Waals surface area contributed by atoms with Gasteiger partial charge in [0.2, 0.25) is 5.91 Å². The zero-order chi connectivity index (χ0) is 22.8. The highest BCUT2D eigenvalue weighted by molar-refractivity contribution is 7.13. The molecule has 3 aromatic rings. The van der Waals surface area contributed by atoms with Crippen LogP contribution in [-0.4, -0.2) is 65.4 Å². The number of nitrogens with one attached hydrogen (secondary N) is 1. The number of carbonyl (C=O) groups excluding carboxylic acids is 3. The van der Waals surface area contributed by atoms with Crippen LogP contribution < -0.4 is 5.32 Å². The summed E-state index contributed by atoms with van der Waals surface area (Å²) in [6, 6.07) is 13.2. The molecule has 0 saturated carbocycles. The van der Waals surface area contributed by atoms with E-state index < -0.39 is 0 Å². The number of ether oxygens (including phenoxy) is 1. The minimum Gasteiger partial charge on any atom is -0.378 e. The van der Waals surface area contributed by atoms with Gasteiger partial charge in [0.25, 0.3) is 11.8 Å². The van der Waals surface area contributed by atoms with Crippen LogP contribution in [0.5, 0.6) is 0 Å². The van der Waals surface area contributed by atoms with Gasteiger partial charge in [0.1, 0.15) is 6.54 Å². The molecule has 168 valence electrons. The molecule has 3 amide bonds. The van der Waals surface area contributed by atoms with Gasteiger partial charge in [-0.2, -0.15) is 0 Å². The van der Waals surface area contributed by atoms with E-state index in [1.54, 1.807) is 16.5 Å². The van der Waals surface area contributed by atoms with Crippen LogP contribution >= 0.6 is 11.3 Å². The highest BCUT2D eigenvalue weighted by Crippen LogP contribution is 2.29. The summed E-state index contributed by atoms with van der Waals surface area (Å²) < 4.78 is 5.33. The first-order chi connectivity index (χ1) is 16.1. The molecule has 0 bridgehead atoms. The Bertz CT molecular complexity index is 1200. The van der Waals surface area contributed by atoms with Crippen LogP contribution in [0.3, 0.4) is 0 Å². The lowest BCUT2D eigenvalue weighted by Gasteiger charge is -2.27. The van der Waals surface area contributed by atoms with Crippen molar-refractivity contribution in [1.29, 1.82) is 0 Å². The van der Waals surface area contributed by atoms with Crippen LogP contribution in [0.1, 0.15) is 26.3 Å². The van der Waals surface area contributed by atoms with Gasteiger partial charge < -0.3 is 19.9 Å². The summed E-state index contributed by atoms with van der Waals surface area (Å²) in [6.07, 6.45) is 1.61. The standard InChI is InChI=1S/C24H22N4O4S/c29-21(26-24-25-6-11-33-24)15-28-14-19-5-4-17(13-20(19)23(28)31)16-2-1-3-18(12-16)22(30)27-7-9-32-10-8-27/h1-6,11-13H,7-10,14-15H2,(H,25,26,29). The molecule has 0 spiro atoms. The van der Waals surface area contributed by atoms with Crippen molar-refractivity contribution in [2.75, 3.05) is 38.2 Å². The van der Waals surface area contributed by atoms with Gasteiger partial charge in [-0.25, -0.2) is 4.98 Å². The molecule has 3 heterocycles. The lowest BCUT2D eigenvalue weighted by molar-refractivity contribution is -0.116. The number of aromatic nitrogens is 1. The van der Waals surface area contributed by atoms with E-state index >= 15 is 0 Å². The monoisotopic (exact) mass is 462 g/mol. The fourth-order valence-electron chi connectivity index (χ4n) is 4.07. The first-order valence-corrected chi connectivity index (χ1v) is 11.6. The number of thiazole rings is 1. The van der Waals surface area contributed by atoms with Crippen molar-refractivity contribution in [2.45, 2.75) is 6.54 Å². The SMILES string of the molecule is O=C(CN1Cc2ccc(-c3cccc(C(=O)N4CCOCC4)c3)cc2C1=O)Nc1nccs1. The second-order valence-corrected chi connectivity index (χ2v) is 8.80. The molecule has 0 aliphatic carbocycles. The van der Waals surface area contributed by atoms with E-state index in [0.717, 1.165) is 16.7 Å². The normalized spacial score (nSPS) is 15.5. The molecule has 0 radical (unpaired) electrons. The molecule has 8 nitrogen and oxygen atoms in total. The Labute approximate surface area is 194 Å². The molecule has 5 rings (SSSR count). The zero-order valence-electron chi connectivity index (χ0n) is 17.8. The predicted molar refractivity (Wildman–Crippen MR) is 124 cm³/mol. The summed E-state index contributed by atoms with van der Waals surface area (Å²) in [5, 5.41) is 5.00. The summed E-state index contributed by atoms with van der Waals surface area (Å²) in [7, 11) is 0. The first-order valence-electron chi connectivity index (χ1n) is 10.7. The summed E-state index contributed by atoms with van der Waals surface area (Å²) >= 11 is 1.33. The highest BCUT2D eigenvalue weighted by atomic mass is 32.1. The van der Waals surface area contributed by atoms with Crippen molar-refractivity contribution in [3.8, 4) is 11.1 Å². The molecule has 1 N–H and O–H groups in total. The third-order valence-corrected chi connectivity index (χ3v) is 6.43. The minimum absolute atomic E-state index is 0.0187. The van der Waals surface area contributed by atoms with Crippen LogP contribution in [0.2, 0.25) is 0 Å². The zero-order valence-corrected chi connectivity index (χ0v) is 18.6. The van der Waals surface area contributed by atoms with E-state index in [2.05, 4.69) is 10.3 Å². The van der Waals surface area contributed by atoms with E-state index in [4.69, 9.17) is 4.74 Å². The van der Waals surface area contributed by atoms with E-state index in [-0.39, 0.29) is 24.3 Å². The van der Waals surface area contributed by atoms with Crippen LogP contribution in [0.25, 0.3) is 11.1 Å². The number of rotatable bonds is 5. The molecule has 2 aromatic carbocycles. The Hall–Kier alpha value is -3.56. The van der Waals surface area contributed by atoms with Crippen LogP contribution in [-0.2, 0) is 16.1 Å². The van der Waals surface area contributed by atoms with Gasteiger partial charge in [-0.05, 0) is 34.9 Å². The van der Waals surface area contributed by atoms with Crippen LogP contribution in [0.15, 0.2) is 54.0 Å². The van der Waals surface area contributed by atoms with Crippen LogP contribution in [0, 0.1) is 0 Å². The number of amides is 3. The smallest absolute Gasteiger partial charge is 0.254 e. The average molecular weight is 463 g/mol. The van der Waals surface area contributed by atoms with E-state index in [1.807, 2.05) is 42.5 Å². The molecule has 2 aliphatic heterocycles. The fraction of sp³-hybridized carbons (Fsp3) is 0.250. The number of nitrogens with zero attached hydrogens (tertiary/aromatic N) is 3. The Morgan fingerprint density at radius 2 is 1.91 bits per heavy atom. The van der Waals surface area contributed by atoms with E-state index in [1.165, 1.54) is 16.2 Å². The van der Waals surface area contributed by atoms with Gasteiger partial charge in [-0.3, -0.25) is 14.4 Å². The quantitative estimate of drug-likeness (QED) is 0.630. The van der Waals surface area contributed by atoms with E-state index in [0.29, 0.717) is 49.1 Å². The second kappa shape index (κ2) is 9.13. The molecule has 0 atom stereocenters. The van der Waals surface area contributed by atoms with Crippen molar-refractivity contribution in [3.63, 3.8) is 0 Å². The molecular weight excluding hydrogens is 440 g/mol. The van der Waals surface area contributed by atoms with Crippen molar-refractivity contribution in [3.05, 3.63) is 70.7 Å². The summed E-state index contributed by atoms with van der Waals surface area (Å²) in [5.74, 6) is -0.475. The Kier molecular flexibility index (Phi) is 5.89. The number of morpholine rings is 1. The lowest BCUT2D eigenvalue weighted by Crippen LogP contribution is -2.40. The first kappa shape index (κ1) is 21.3. The minimum atomic E-state index is -0.277. The maximum absolute atomic E-state index is 13.0. The molecule has 2 aliphatic rings. The van der Waals surface area contributed by atoms with Crippen molar-refractivity contribution in [2.24, 2.45) is 0 Å². The molecule has 33 heavy (non-hydrogen) atoms. The van der Waals surface area contributed by atoms with Gasteiger partial charge in [0.05, 0.1) is 13.2 Å². The lowest BCUT2D eigenvalue weighted by atomic mass is 9.98. The Balaban J connectivity index is 1.31. The maximum Gasteiger partial charge on any atom is 0.254 e. The summed E-state index contributed by atoms with van der Waals surface area (Å²) in [6.45, 7) is 2.62. The number of hydrogen-bond acceptors (Lipinski definition) is 6. The molecular formula is C24H22N4O4S. The highest BCUT2D eigenvalue weighted by Gasteiger charge is 2.29. The maximum atomic E-state index is 13.0. The third kappa shape index (κ3) is 4.50. The van der Waals surface area contributed by atoms with Gasteiger partial charge in [-0.15, -0.1) is 11.3 Å². The van der Waals surface area contributed by atoms with Gasteiger partial charge in [0, 0.05) is 42.3 Å². The molecule has 9 heteroatoms. The van der Waals surface area contributed by atoms with Crippen LogP contribution in [0.4, 0.5) is 5.13 Å². The number of fused-ring (bicyclic) bond motifs is 1. The Morgan fingerprint density at radius 1 is 1.09 bits per heavy atom. The average Bonchev–Trinajstić information content (AvgIpc) is 3.47. The van der Waals surface area contributed by atoms with Gasteiger partial charge in [-0.1, -0.05) is 24.3 Å². The molecule has 1 fully saturated rings. The number of anilines is 1. The van der Waals surface area contributed by atoms with Gasteiger partial charge in [0.15, 0.2) is 5.13 Å². The largest absolute Gasteiger partial charge is 0.378 e. The Morgan fingerprint density at radius 3 is 2.70 bits per heavy atom. The molecule has 1 aromatic heterocycles. The topological polar surface area (TPSA) is 91.8 Å². The second-order valence-electron chi connectivity index (χ2n) is 7.90. The third-order valence-electron chi connectivity index (χ3n) is 5.74. The number of hydrogen-bond donors (Lipinski definition) is 1. The number of benzene rings is 2. The summed E-state index contributed by atoms with van der Waals surface area (Å²) in [4.78, 5) is 45.5. The van der Waals surface area contributed by atoms with Crippen molar-refractivity contribution in [1.82, 2.24) is 14.8 Å². The fourth-order valence-corrected chi connectivity index (χ4v) is 4.61. The van der Waals surface area contributed by atoms with Gasteiger partial charge >= 0.3 is 0 Å².